The first-order chi connectivity index (χ1) is 18.1. The minimum atomic E-state index is -3.84. The molecule has 7 nitrogen and oxygen atoms in total. The summed E-state index contributed by atoms with van der Waals surface area (Å²) in [5.41, 5.74) is 1.98. The lowest BCUT2D eigenvalue weighted by Gasteiger charge is -2.34. The largest absolute Gasteiger partial charge is 0.352 e. The number of carbonyl (C=O) groups excluding carboxylic acids is 2. The molecule has 1 N–H and O–H groups in total. The summed E-state index contributed by atoms with van der Waals surface area (Å²) >= 11 is 6.12. The van der Waals surface area contributed by atoms with Gasteiger partial charge in [-0.15, -0.1) is 0 Å². The normalized spacial score (nSPS) is 12.8. The van der Waals surface area contributed by atoms with Gasteiger partial charge in [-0.1, -0.05) is 85.3 Å². The van der Waals surface area contributed by atoms with Crippen LogP contribution in [0.3, 0.4) is 0 Å². The van der Waals surface area contributed by atoms with Crippen LogP contribution in [0.4, 0.5) is 5.69 Å². The Balaban J connectivity index is 2.04. The van der Waals surface area contributed by atoms with Gasteiger partial charge in [-0.25, -0.2) is 8.42 Å². The summed E-state index contributed by atoms with van der Waals surface area (Å²) < 4.78 is 26.6. The van der Waals surface area contributed by atoms with Crippen LogP contribution in [0, 0.1) is 0 Å². The standard InChI is InChI=1S/C29H34ClN3O4S/c1-4-22(2)31-29(35)27(18-23-12-7-5-8-13-23)32(20-24-14-9-6-10-15-24)28(34)21-33(38(3,36)37)26-17-11-16-25(30)19-26/h5-17,19,22,27H,4,18,20-21H2,1-3H3,(H,31,35)/t22-,27-/m1/s1. The molecule has 2 atom stereocenters. The maximum atomic E-state index is 14.0. The first-order valence-corrected chi connectivity index (χ1v) is 14.7. The topological polar surface area (TPSA) is 86.8 Å². The molecule has 0 unspecified atom stereocenters. The Morgan fingerprint density at radius 3 is 2.08 bits per heavy atom. The summed E-state index contributed by atoms with van der Waals surface area (Å²) in [6.45, 7) is 3.54. The SMILES string of the molecule is CC[C@@H](C)NC(=O)[C@@H](Cc1ccccc1)N(Cc1ccccc1)C(=O)CN(c1cccc(Cl)c1)S(C)(=O)=O. The smallest absolute Gasteiger partial charge is 0.244 e. The second-order valence-electron chi connectivity index (χ2n) is 9.28. The summed E-state index contributed by atoms with van der Waals surface area (Å²) in [6.07, 6.45) is 2.05. The third kappa shape index (κ3) is 8.33. The van der Waals surface area contributed by atoms with Gasteiger partial charge in [-0.2, -0.15) is 0 Å². The van der Waals surface area contributed by atoms with Crippen LogP contribution in [-0.4, -0.2) is 50.0 Å². The predicted octanol–water partition coefficient (Wildman–Crippen LogP) is 4.66. The number of hydrogen-bond donors (Lipinski definition) is 1. The van der Waals surface area contributed by atoms with Crippen molar-refractivity contribution in [2.24, 2.45) is 0 Å². The molecule has 0 aliphatic heterocycles. The number of amides is 2. The van der Waals surface area contributed by atoms with E-state index >= 15 is 0 Å². The minimum absolute atomic E-state index is 0.0894. The van der Waals surface area contributed by atoms with Gasteiger partial charge in [-0.05, 0) is 42.7 Å². The molecule has 0 saturated carbocycles. The van der Waals surface area contributed by atoms with Crippen LogP contribution in [0.5, 0.6) is 0 Å². The van der Waals surface area contributed by atoms with Crippen molar-refractivity contribution < 1.29 is 18.0 Å². The van der Waals surface area contributed by atoms with Gasteiger partial charge in [0, 0.05) is 24.0 Å². The Labute approximate surface area is 230 Å². The van der Waals surface area contributed by atoms with Gasteiger partial charge < -0.3 is 10.2 Å². The second kappa shape index (κ2) is 13.4. The van der Waals surface area contributed by atoms with Crippen LogP contribution in [0.1, 0.15) is 31.4 Å². The van der Waals surface area contributed by atoms with E-state index in [1.54, 1.807) is 18.2 Å². The highest BCUT2D eigenvalue weighted by Gasteiger charge is 2.33. The number of rotatable bonds is 12. The van der Waals surface area contributed by atoms with Gasteiger partial charge in [0.25, 0.3) is 0 Å². The van der Waals surface area contributed by atoms with Crippen LogP contribution in [0.15, 0.2) is 84.9 Å². The van der Waals surface area contributed by atoms with Gasteiger partial charge in [-0.3, -0.25) is 13.9 Å². The van der Waals surface area contributed by atoms with Crippen LogP contribution < -0.4 is 9.62 Å². The van der Waals surface area contributed by atoms with Gasteiger partial charge in [0.1, 0.15) is 12.6 Å². The molecule has 0 saturated heterocycles. The molecule has 202 valence electrons. The summed E-state index contributed by atoms with van der Waals surface area (Å²) in [5, 5.41) is 3.36. The summed E-state index contributed by atoms with van der Waals surface area (Å²) in [6, 6.07) is 24.2. The number of halogens is 1. The van der Waals surface area contributed by atoms with Gasteiger partial charge in [0.05, 0.1) is 11.9 Å². The number of nitrogens with zero attached hydrogens (tertiary/aromatic N) is 2. The summed E-state index contributed by atoms with van der Waals surface area (Å²) in [4.78, 5) is 29.0. The Morgan fingerprint density at radius 2 is 1.53 bits per heavy atom. The predicted molar refractivity (Wildman–Crippen MR) is 152 cm³/mol. The number of benzene rings is 3. The number of anilines is 1. The number of nitrogens with one attached hydrogen (secondary N) is 1. The highest BCUT2D eigenvalue weighted by atomic mass is 35.5. The summed E-state index contributed by atoms with van der Waals surface area (Å²) in [5.74, 6) is -0.791. The monoisotopic (exact) mass is 555 g/mol. The quantitative estimate of drug-likeness (QED) is 0.352. The van der Waals surface area contributed by atoms with Gasteiger partial charge in [0.2, 0.25) is 21.8 Å². The van der Waals surface area contributed by atoms with E-state index in [-0.39, 0.29) is 30.6 Å². The lowest BCUT2D eigenvalue weighted by Crippen LogP contribution is -2.54. The molecule has 3 rings (SSSR count). The van der Waals surface area contributed by atoms with Crippen LogP contribution in [0.25, 0.3) is 0 Å². The number of sulfonamides is 1. The fourth-order valence-electron chi connectivity index (χ4n) is 4.02. The van der Waals surface area contributed by atoms with Crippen LogP contribution in [-0.2, 0) is 32.6 Å². The van der Waals surface area contributed by atoms with Crippen molar-refractivity contribution >= 4 is 39.1 Å². The molecular weight excluding hydrogens is 522 g/mol. The van der Waals surface area contributed by atoms with Crippen LogP contribution in [0.2, 0.25) is 5.02 Å². The summed E-state index contributed by atoms with van der Waals surface area (Å²) in [7, 11) is -3.84. The maximum absolute atomic E-state index is 14.0. The molecule has 0 bridgehead atoms. The highest BCUT2D eigenvalue weighted by molar-refractivity contribution is 7.92. The molecule has 9 heteroatoms. The fraction of sp³-hybridized carbons (Fsp3) is 0.310. The van der Waals surface area contributed by atoms with E-state index in [2.05, 4.69) is 5.32 Å². The molecule has 0 aliphatic rings. The molecule has 0 radical (unpaired) electrons. The minimum Gasteiger partial charge on any atom is -0.352 e. The number of carbonyl (C=O) groups is 2. The van der Waals surface area contributed by atoms with Crippen molar-refractivity contribution in [3.63, 3.8) is 0 Å². The van der Waals surface area contributed by atoms with E-state index in [0.29, 0.717) is 5.02 Å². The molecular formula is C29H34ClN3O4S. The fourth-order valence-corrected chi connectivity index (χ4v) is 5.05. The Kier molecular flexibility index (Phi) is 10.3. The van der Waals surface area contributed by atoms with Gasteiger partial charge >= 0.3 is 0 Å². The second-order valence-corrected chi connectivity index (χ2v) is 11.6. The average molecular weight is 556 g/mol. The van der Waals surface area contributed by atoms with Crippen molar-refractivity contribution in [2.45, 2.75) is 45.3 Å². The van der Waals surface area contributed by atoms with Crippen molar-refractivity contribution in [3.8, 4) is 0 Å². The molecule has 0 heterocycles. The number of hydrogen-bond acceptors (Lipinski definition) is 4. The highest BCUT2D eigenvalue weighted by Crippen LogP contribution is 2.23. The first kappa shape index (κ1) is 29.2. The maximum Gasteiger partial charge on any atom is 0.244 e. The third-order valence-electron chi connectivity index (χ3n) is 6.24. The van der Waals surface area contributed by atoms with E-state index in [9.17, 15) is 18.0 Å². The third-order valence-corrected chi connectivity index (χ3v) is 7.62. The molecule has 0 aromatic heterocycles. The molecule has 3 aromatic rings. The Bertz CT molecular complexity index is 1320. The lowest BCUT2D eigenvalue weighted by atomic mass is 10.0. The van der Waals surface area contributed by atoms with Crippen molar-refractivity contribution in [1.29, 1.82) is 0 Å². The Morgan fingerprint density at radius 1 is 0.921 bits per heavy atom. The zero-order valence-electron chi connectivity index (χ0n) is 21.9. The molecule has 2 amide bonds. The molecule has 3 aromatic carbocycles. The zero-order chi connectivity index (χ0) is 27.7. The van der Waals surface area contributed by atoms with Crippen molar-refractivity contribution in [3.05, 3.63) is 101 Å². The Hall–Kier alpha value is -3.36. The van der Waals surface area contributed by atoms with E-state index in [1.807, 2.05) is 74.5 Å². The van der Waals surface area contributed by atoms with Crippen molar-refractivity contribution in [1.82, 2.24) is 10.2 Å². The van der Waals surface area contributed by atoms with Crippen molar-refractivity contribution in [2.75, 3.05) is 17.1 Å². The van der Waals surface area contributed by atoms with E-state index < -0.39 is 28.5 Å². The average Bonchev–Trinajstić information content (AvgIpc) is 2.89. The van der Waals surface area contributed by atoms with Gasteiger partial charge in [0.15, 0.2) is 0 Å². The molecule has 0 fully saturated rings. The molecule has 0 aliphatic carbocycles. The zero-order valence-corrected chi connectivity index (χ0v) is 23.5. The van der Waals surface area contributed by atoms with E-state index in [1.165, 1.54) is 11.0 Å². The van der Waals surface area contributed by atoms with E-state index in [0.717, 1.165) is 28.1 Å². The molecule has 0 spiro atoms. The lowest BCUT2D eigenvalue weighted by molar-refractivity contribution is -0.140. The van der Waals surface area contributed by atoms with Crippen LogP contribution >= 0.6 is 11.6 Å². The first-order valence-electron chi connectivity index (χ1n) is 12.5. The molecule has 38 heavy (non-hydrogen) atoms. The van der Waals surface area contributed by atoms with E-state index in [4.69, 9.17) is 11.6 Å².